The zero-order valence-electron chi connectivity index (χ0n) is 26.6. The monoisotopic (exact) mass is 684 g/mol. The van der Waals surface area contributed by atoms with Gasteiger partial charge in [-0.1, -0.05) is 35.6 Å². The third-order valence-electron chi connectivity index (χ3n) is 8.37. The Hall–Kier alpha value is -5.05. The Morgan fingerprint density at radius 2 is 1.76 bits per heavy atom. The highest BCUT2D eigenvalue weighted by Crippen LogP contribution is 2.22. The van der Waals surface area contributed by atoms with Crippen LogP contribution in [0.1, 0.15) is 58.6 Å². The lowest BCUT2D eigenvalue weighted by atomic mass is 10.0. The number of Topliss-reactive ketones (excluding diaryl/α,β-unsaturated/α-hetero) is 1. The maximum absolute atomic E-state index is 14.9. The van der Waals surface area contributed by atoms with Crippen molar-refractivity contribution in [2.45, 2.75) is 44.7 Å². The molecule has 8 nitrogen and oxygen atoms in total. The second kappa shape index (κ2) is 15.0. The van der Waals surface area contributed by atoms with Gasteiger partial charge in [0.15, 0.2) is 22.6 Å². The normalized spacial score (nSPS) is 13.7. The average molecular weight is 685 g/mol. The zero-order chi connectivity index (χ0) is 34.5. The number of fused-ring (bicyclic) bond motifs is 1. The zero-order valence-corrected chi connectivity index (χ0v) is 27.4. The molecular formula is C37H32ClF3N6O2. The maximum atomic E-state index is 14.9. The van der Waals surface area contributed by atoms with Gasteiger partial charge >= 0.3 is 0 Å². The molecule has 1 saturated heterocycles. The molecule has 0 unspecified atom stereocenters. The fourth-order valence-corrected chi connectivity index (χ4v) is 5.88. The molecule has 0 spiro atoms. The molecule has 1 aliphatic rings. The molecule has 250 valence electrons. The highest BCUT2D eigenvalue weighted by atomic mass is 35.5. The second-order valence-corrected chi connectivity index (χ2v) is 12.5. The van der Waals surface area contributed by atoms with Crippen LogP contribution in [-0.4, -0.2) is 56.6 Å². The number of nitrogens with zero attached hydrogens (tertiary/aromatic N) is 5. The highest BCUT2D eigenvalue weighted by Gasteiger charge is 2.18. The van der Waals surface area contributed by atoms with Gasteiger partial charge in [0.05, 0.1) is 23.3 Å². The van der Waals surface area contributed by atoms with E-state index < -0.39 is 23.0 Å². The number of hydrogen-bond donors (Lipinski definition) is 1. The number of halogens is 4. The van der Waals surface area contributed by atoms with Crippen molar-refractivity contribution >= 4 is 34.0 Å². The van der Waals surface area contributed by atoms with E-state index in [4.69, 9.17) is 11.6 Å². The number of benzene rings is 3. The van der Waals surface area contributed by atoms with Gasteiger partial charge in [-0.15, -0.1) is 0 Å². The van der Waals surface area contributed by atoms with Gasteiger partial charge in [0.2, 0.25) is 0 Å². The minimum atomic E-state index is -1.06. The van der Waals surface area contributed by atoms with Gasteiger partial charge in [0.1, 0.15) is 11.6 Å². The molecule has 0 atom stereocenters. The largest absolute Gasteiger partial charge is 0.380 e. The number of carbonyl (C=O) groups is 1. The third-order valence-corrected chi connectivity index (χ3v) is 8.56. The molecule has 1 N–H and O–H groups in total. The Labute approximate surface area is 286 Å². The molecule has 1 fully saturated rings. The molecule has 0 aliphatic carbocycles. The van der Waals surface area contributed by atoms with E-state index in [-0.39, 0.29) is 47.5 Å². The molecular weight excluding hydrogens is 653 g/mol. The number of piperidine rings is 1. The lowest BCUT2D eigenvalue weighted by Gasteiger charge is -2.30. The van der Waals surface area contributed by atoms with E-state index in [9.17, 15) is 22.8 Å². The van der Waals surface area contributed by atoms with Gasteiger partial charge in [-0.2, -0.15) is 5.10 Å². The summed E-state index contributed by atoms with van der Waals surface area (Å²) in [4.78, 5) is 37.2. The predicted octanol–water partition coefficient (Wildman–Crippen LogP) is 6.42. The van der Waals surface area contributed by atoms with Crippen LogP contribution in [0.4, 0.5) is 18.9 Å². The van der Waals surface area contributed by atoms with E-state index in [1.54, 1.807) is 12.3 Å². The second-order valence-electron chi connectivity index (χ2n) is 12.1. The molecule has 0 saturated carbocycles. The van der Waals surface area contributed by atoms with E-state index in [0.717, 1.165) is 59.2 Å². The van der Waals surface area contributed by atoms with Crippen molar-refractivity contribution in [3.05, 3.63) is 128 Å². The number of ketones is 1. The Morgan fingerprint density at radius 1 is 0.980 bits per heavy atom. The van der Waals surface area contributed by atoms with E-state index in [0.29, 0.717) is 23.5 Å². The summed E-state index contributed by atoms with van der Waals surface area (Å²) in [6.45, 7) is 1.80. The Morgan fingerprint density at radius 3 is 2.53 bits per heavy atom. The van der Waals surface area contributed by atoms with Crippen LogP contribution in [-0.2, 0) is 13.0 Å². The number of carbonyl (C=O) groups excluding carboxylic acids is 1. The van der Waals surface area contributed by atoms with Gasteiger partial charge in [-0.25, -0.2) is 27.8 Å². The highest BCUT2D eigenvalue weighted by molar-refractivity contribution is 6.29. The number of rotatable bonds is 9. The SMILES string of the molecule is CN1CCC(Nc2ccc(Cc3ncc4cc(C#CCCC(=O)c5cc(Cl)nn(Cc6ccc(F)c(F)c6)c5=O)ccc4n3)cc2F)CC1. The van der Waals surface area contributed by atoms with Crippen LogP contribution >= 0.6 is 11.6 Å². The minimum Gasteiger partial charge on any atom is -0.380 e. The summed E-state index contributed by atoms with van der Waals surface area (Å²) < 4.78 is 42.7. The van der Waals surface area contributed by atoms with Crippen molar-refractivity contribution in [1.82, 2.24) is 24.6 Å². The molecule has 5 aromatic rings. The molecule has 3 heterocycles. The van der Waals surface area contributed by atoms with Crippen LogP contribution < -0.4 is 10.9 Å². The molecule has 3 aromatic carbocycles. The van der Waals surface area contributed by atoms with Gasteiger partial charge < -0.3 is 10.2 Å². The van der Waals surface area contributed by atoms with Crippen molar-refractivity contribution in [2.24, 2.45) is 0 Å². The van der Waals surface area contributed by atoms with E-state index in [1.807, 2.05) is 24.3 Å². The molecule has 12 heteroatoms. The smallest absolute Gasteiger partial charge is 0.278 e. The Bertz CT molecular complexity index is 2150. The Balaban J connectivity index is 1.06. The number of anilines is 1. The molecule has 0 radical (unpaired) electrons. The maximum Gasteiger partial charge on any atom is 0.278 e. The summed E-state index contributed by atoms with van der Waals surface area (Å²) in [5.41, 5.74) is 2.15. The molecule has 1 aliphatic heterocycles. The van der Waals surface area contributed by atoms with Gasteiger partial charge in [0, 0.05) is 42.5 Å². The first-order valence-corrected chi connectivity index (χ1v) is 16.2. The van der Waals surface area contributed by atoms with Crippen molar-refractivity contribution in [2.75, 3.05) is 25.5 Å². The summed E-state index contributed by atoms with van der Waals surface area (Å²) in [5, 5.41) is 7.96. The van der Waals surface area contributed by atoms with Crippen molar-refractivity contribution < 1.29 is 18.0 Å². The van der Waals surface area contributed by atoms with Crippen LogP contribution in [0.15, 0.2) is 71.7 Å². The summed E-state index contributed by atoms with van der Waals surface area (Å²) in [5.74, 6) is 3.73. The summed E-state index contributed by atoms with van der Waals surface area (Å²) >= 11 is 6.06. The number of likely N-dealkylation sites (tertiary alicyclic amines) is 1. The molecule has 2 aromatic heterocycles. The predicted molar refractivity (Wildman–Crippen MR) is 182 cm³/mol. The van der Waals surface area contributed by atoms with E-state index in [1.165, 1.54) is 18.2 Å². The van der Waals surface area contributed by atoms with Crippen molar-refractivity contribution in [1.29, 1.82) is 0 Å². The van der Waals surface area contributed by atoms with Crippen LogP contribution in [0.2, 0.25) is 5.15 Å². The number of aromatic nitrogens is 4. The summed E-state index contributed by atoms with van der Waals surface area (Å²) in [6.07, 6.45) is 4.19. The van der Waals surface area contributed by atoms with Crippen LogP contribution in [0, 0.1) is 29.3 Å². The Kier molecular flexibility index (Phi) is 10.4. The molecule has 0 amide bonds. The van der Waals surface area contributed by atoms with Crippen LogP contribution in [0.5, 0.6) is 0 Å². The number of nitrogens with one attached hydrogen (secondary N) is 1. The lowest BCUT2D eigenvalue weighted by Crippen LogP contribution is -2.36. The summed E-state index contributed by atoms with van der Waals surface area (Å²) in [6, 6.07) is 15.4. The van der Waals surface area contributed by atoms with Crippen molar-refractivity contribution in [3.8, 4) is 11.8 Å². The van der Waals surface area contributed by atoms with E-state index in [2.05, 4.69) is 44.2 Å². The first-order valence-electron chi connectivity index (χ1n) is 15.8. The van der Waals surface area contributed by atoms with Gasteiger partial charge in [-0.3, -0.25) is 9.59 Å². The first-order chi connectivity index (χ1) is 23.6. The van der Waals surface area contributed by atoms with Gasteiger partial charge in [-0.05, 0) is 92.6 Å². The fraction of sp³-hybridized carbons (Fsp3) is 0.270. The molecule has 6 rings (SSSR count). The minimum absolute atomic E-state index is 0.0381. The van der Waals surface area contributed by atoms with Gasteiger partial charge in [0.25, 0.3) is 5.56 Å². The first kappa shape index (κ1) is 33.8. The van der Waals surface area contributed by atoms with Crippen molar-refractivity contribution in [3.63, 3.8) is 0 Å². The van der Waals surface area contributed by atoms with Crippen LogP contribution in [0.25, 0.3) is 10.9 Å². The lowest BCUT2D eigenvalue weighted by molar-refractivity contribution is 0.0982. The quantitative estimate of drug-likeness (QED) is 0.142. The van der Waals surface area contributed by atoms with E-state index >= 15 is 0 Å². The average Bonchev–Trinajstić information content (AvgIpc) is 3.08. The van der Waals surface area contributed by atoms with Crippen LogP contribution in [0.3, 0.4) is 0 Å². The molecule has 0 bridgehead atoms. The molecule has 49 heavy (non-hydrogen) atoms. The summed E-state index contributed by atoms with van der Waals surface area (Å²) in [7, 11) is 2.10. The number of hydrogen-bond acceptors (Lipinski definition) is 7. The fourth-order valence-electron chi connectivity index (χ4n) is 5.68. The standard InChI is InChI=1S/C37H32ClF3N6O2/c1-46-14-12-27(13-15-46)43-33-11-8-24(17-31(33)41)19-36-42-21-26-16-23(7-10-32(26)44-36)4-2-3-5-34(48)28-20-35(38)45-47(37(28)49)22-25-6-9-29(39)30(40)18-25/h6-11,16-18,20-21,27,43H,3,5,12-15,19,22H2,1H3. The third kappa shape index (κ3) is 8.52. The topological polar surface area (TPSA) is 93.0 Å².